The lowest BCUT2D eigenvalue weighted by Crippen LogP contribution is -2.42. The zero-order valence-corrected chi connectivity index (χ0v) is 21.5. The number of thiazole rings is 1. The van der Waals surface area contributed by atoms with Crippen molar-refractivity contribution in [3.63, 3.8) is 0 Å². The zero-order valence-electron chi connectivity index (χ0n) is 19.9. The summed E-state index contributed by atoms with van der Waals surface area (Å²) in [5.74, 6) is -0.980. The average molecular weight is 537 g/mol. The van der Waals surface area contributed by atoms with E-state index in [1.807, 2.05) is 43.3 Å². The molecule has 2 amide bonds. The Morgan fingerprint density at radius 2 is 1.81 bits per heavy atom. The standard InChI is InChI=1S/C27H24N2O6S2/c1-11-2-4-12(5-3-11)15-6-7-16(35-15)21-18-13-10-14(22(18)36-24-23(21)37-27(34)28-24)20-19(13)25(32)29(26(20)33)9-8-17(30)31/h2-7,13-14,18-22H,8-10H2,1H3,(H,28,34)(H,30,31)/t13-,14+,18+,19+,20-,21+,22-/m1/s1. The maximum Gasteiger partial charge on any atom is 0.305 e. The van der Waals surface area contributed by atoms with Crippen molar-refractivity contribution in [1.29, 1.82) is 0 Å². The average Bonchev–Trinajstić information content (AvgIpc) is 3.66. The fourth-order valence-corrected chi connectivity index (χ4v) is 10.1. The van der Waals surface area contributed by atoms with Crippen LogP contribution in [0.3, 0.4) is 0 Å². The number of hydrogen-bond acceptors (Lipinski definition) is 7. The molecule has 7 rings (SSSR count). The SMILES string of the molecule is Cc1ccc(-c2ccc([C@@H]3c4sc(=O)[nH]c4S[C@@H]4[C@H]5C[C@@H]([C@@H]6C(=O)N(CCC(=O)O)C(=O)[C@H]56)[C@@H]34)o2)cc1. The largest absolute Gasteiger partial charge is 0.481 e. The van der Waals surface area contributed by atoms with Crippen LogP contribution in [0.2, 0.25) is 0 Å². The van der Waals surface area contributed by atoms with Crippen LogP contribution in [-0.4, -0.2) is 44.6 Å². The number of rotatable bonds is 5. The number of furan rings is 1. The number of aromatic nitrogens is 1. The molecular formula is C27H24N2O6S2. The monoisotopic (exact) mass is 536 g/mol. The van der Waals surface area contributed by atoms with Crippen molar-refractivity contribution >= 4 is 40.9 Å². The van der Waals surface area contributed by atoms with E-state index >= 15 is 0 Å². The summed E-state index contributed by atoms with van der Waals surface area (Å²) in [7, 11) is 0. The molecule has 37 heavy (non-hydrogen) atoms. The minimum atomic E-state index is -1.03. The van der Waals surface area contributed by atoms with Gasteiger partial charge in [0.15, 0.2) is 0 Å². The Morgan fingerprint density at radius 3 is 2.54 bits per heavy atom. The number of imide groups is 1. The molecule has 2 N–H and O–H groups in total. The van der Waals surface area contributed by atoms with Crippen molar-refractivity contribution < 1.29 is 23.9 Å². The molecule has 3 aromatic rings. The Morgan fingerprint density at radius 1 is 1.08 bits per heavy atom. The first-order chi connectivity index (χ1) is 17.8. The van der Waals surface area contributed by atoms with E-state index in [-0.39, 0.29) is 58.6 Å². The summed E-state index contributed by atoms with van der Waals surface area (Å²) in [5, 5.41) is 10.0. The van der Waals surface area contributed by atoms with Gasteiger partial charge < -0.3 is 14.5 Å². The van der Waals surface area contributed by atoms with E-state index in [1.165, 1.54) is 16.2 Å². The third-order valence-electron chi connectivity index (χ3n) is 8.63. The molecule has 190 valence electrons. The number of hydrogen-bond donors (Lipinski definition) is 2. The molecule has 7 atom stereocenters. The highest BCUT2D eigenvalue weighted by Gasteiger charge is 2.69. The minimum absolute atomic E-state index is 0.00172. The summed E-state index contributed by atoms with van der Waals surface area (Å²) in [6.45, 7) is 1.96. The molecule has 4 aliphatic rings. The van der Waals surface area contributed by atoms with E-state index < -0.39 is 17.8 Å². The molecule has 2 aliphatic carbocycles. The number of carboxylic acid groups (broad SMARTS) is 1. The number of fused-ring (bicyclic) bond motifs is 9. The topological polar surface area (TPSA) is 121 Å². The second kappa shape index (κ2) is 8.19. The quantitative estimate of drug-likeness (QED) is 0.474. The van der Waals surface area contributed by atoms with Crippen molar-refractivity contribution in [2.75, 3.05) is 6.54 Å². The van der Waals surface area contributed by atoms with Gasteiger partial charge in [-0.1, -0.05) is 41.2 Å². The number of H-pyrrole nitrogens is 1. The molecule has 2 aliphatic heterocycles. The Kier molecular flexibility index (Phi) is 5.10. The number of nitrogens with zero attached hydrogens (tertiary/aromatic N) is 1. The minimum Gasteiger partial charge on any atom is -0.481 e. The van der Waals surface area contributed by atoms with Crippen LogP contribution in [0.15, 0.2) is 50.6 Å². The number of thioether (sulfide) groups is 1. The maximum atomic E-state index is 13.4. The lowest BCUT2D eigenvalue weighted by Gasteiger charge is -2.42. The van der Waals surface area contributed by atoms with E-state index in [2.05, 4.69) is 4.98 Å². The van der Waals surface area contributed by atoms with Crippen LogP contribution < -0.4 is 4.87 Å². The first kappa shape index (κ1) is 23.0. The Hall–Kier alpha value is -3.11. The first-order valence-electron chi connectivity index (χ1n) is 12.5. The predicted molar refractivity (Wildman–Crippen MR) is 136 cm³/mol. The highest BCUT2D eigenvalue weighted by Crippen LogP contribution is 2.68. The molecule has 1 saturated heterocycles. The fourth-order valence-electron chi connectivity index (χ4n) is 7.22. The summed E-state index contributed by atoms with van der Waals surface area (Å²) in [5.41, 5.74) is 2.13. The van der Waals surface area contributed by atoms with Crippen LogP contribution >= 0.6 is 23.1 Å². The number of aryl methyl sites for hydroxylation is 1. The van der Waals surface area contributed by atoms with Gasteiger partial charge in [0, 0.05) is 17.4 Å². The van der Waals surface area contributed by atoms with Crippen molar-refractivity contribution in [3.05, 3.63) is 62.3 Å². The number of amides is 2. The van der Waals surface area contributed by atoms with Gasteiger partial charge in [0.1, 0.15) is 11.5 Å². The molecule has 8 nitrogen and oxygen atoms in total. The lowest BCUT2D eigenvalue weighted by molar-refractivity contribution is -0.142. The molecule has 4 heterocycles. The molecule has 10 heteroatoms. The van der Waals surface area contributed by atoms with Gasteiger partial charge in [-0.2, -0.15) is 0 Å². The number of carboxylic acids is 1. The molecule has 0 radical (unpaired) electrons. The second-order valence-electron chi connectivity index (χ2n) is 10.5. The van der Waals surface area contributed by atoms with Gasteiger partial charge in [-0.3, -0.25) is 24.1 Å². The summed E-state index contributed by atoms with van der Waals surface area (Å²) >= 11 is 2.82. The number of carbonyl (C=O) groups is 3. The number of nitrogens with one attached hydrogen (secondary N) is 1. The summed E-state index contributed by atoms with van der Waals surface area (Å²) in [6, 6.07) is 12.1. The van der Waals surface area contributed by atoms with Crippen molar-refractivity contribution in [2.24, 2.45) is 29.6 Å². The number of aromatic amines is 1. The Balaban J connectivity index is 1.28. The third kappa shape index (κ3) is 3.34. The van der Waals surface area contributed by atoms with Gasteiger partial charge in [-0.15, -0.1) is 11.8 Å². The van der Waals surface area contributed by atoms with Gasteiger partial charge in [0.2, 0.25) is 11.8 Å². The number of benzene rings is 1. The zero-order chi connectivity index (χ0) is 25.6. The summed E-state index contributed by atoms with van der Waals surface area (Å²) < 4.78 is 6.43. The van der Waals surface area contributed by atoms with Crippen LogP contribution in [0.25, 0.3) is 11.3 Å². The Bertz CT molecular complexity index is 1500. The molecule has 2 aromatic heterocycles. The predicted octanol–water partition coefficient (Wildman–Crippen LogP) is 3.95. The number of likely N-dealkylation sites (tertiary alicyclic amines) is 1. The van der Waals surface area contributed by atoms with Crippen LogP contribution in [0.1, 0.15) is 35.0 Å². The van der Waals surface area contributed by atoms with Gasteiger partial charge in [0.05, 0.1) is 34.1 Å². The molecule has 2 bridgehead atoms. The third-order valence-corrected chi connectivity index (χ3v) is 11.2. The van der Waals surface area contributed by atoms with Crippen molar-refractivity contribution in [3.8, 4) is 11.3 Å². The second-order valence-corrected chi connectivity index (χ2v) is 12.7. The molecule has 0 unspecified atom stereocenters. The lowest BCUT2D eigenvalue weighted by atomic mass is 9.69. The molecular weight excluding hydrogens is 512 g/mol. The van der Waals surface area contributed by atoms with Gasteiger partial charge in [-0.05, 0) is 43.2 Å². The number of carbonyl (C=O) groups excluding carboxylic acids is 2. The van der Waals surface area contributed by atoms with E-state index in [0.29, 0.717) is 0 Å². The van der Waals surface area contributed by atoms with Crippen LogP contribution in [0.5, 0.6) is 0 Å². The smallest absolute Gasteiger partial charge is 0.305 e. The molecule has 2 saturated carbocycles. The van der Waals surface area contributed by atoms with E-state index in [0.717, 1.165) is 39.0 Å². The van der Waals surface area contributed by atoms with E-state index in [1.54, 1.807) is 11.8 Å². The van der Waals surface area contributed by atoms with Crippen LogP contribution in [-0.2, 0) is 14.4 Å². The van der Waals surface area contributed by atoms with Gasteiger partial charge >= 0.3 is 10.8 Å². The molecule has 3 fully saturated rings. The maximum absolute atomic E-state index is 13.4. The van der Waals surface area contributed by atoms with Crippen LogP contribution in [0, 0.1) is 36.5 Å². The van der Waals surface area contributed by atoms with Crippen LogP contribution in [0.4, 0.5) is 0 Å². The highest BCUT2D eigenvalue weighted by molar-refractivity contribution is 8.00. The summed E-state index contributed by atoms with van der Waals surface area (Å²) in [4.78, 5) is 55.2. The first-order valence-corrected chi connectivity index (χ1v) is 14.1. The van der Waals surface area contributed by atoms with Gasteiger partial charge in [0.25, 0.3) is 0 Å². The normalized spacial score (nSPS) is 31.5. The van der Waals surface area contributed by atoms with Crippen molar-refractivity contribution in [1.82, 2.24) is 9.88 Å². The van der Waals surface area contributed by atoms with Crippen molar-refractivity contribution in [2.45, 2.75) is 36.0 Å². The Labute approximate surface area is 220 Å². The summed E-state index contributed by atoms with van der Waals surface area (Å²) in [6.07, 6.45) is 0.534. The number of aliphatic carboxylic acids is 1. The highest BCUT2D eigenvalue weighted by atomic mass is 32.2. The van der Waals surface area contributed by atoms with E-state index in [9.17, 15) is 19.2 Å². The fraction of sp³-hybridized carbons (Fsp3) is 0.407. The van der Waals surface area contributed by atoms with E-state index in [4.69, 9.17) is 9.52 Å². The molecule has 0 spiro atoms. The van der Waals surface area contributed by atoms with Gasteiger partial charge in [-0.25, -0.2) is 0 Å². The molecule has 1 aromatic carbocycles.